The molecule has 0 atom stereocenters. The summed E-state index contributed by atoms with van der Waals surface area (Å²) < 4.78 is 19.2. The van der Waals surface area contributed by atoms with Crippen molar-refractivity contribution < 1.29 is 13.9 Å². The number of ketones is 1. The Kier molecular flexibility index (Phi) is 3.10. The van der Waals surface area contributed by atoms with Crippen molar-refractivity contribution >= 4 is 22.4 Å². The van der Waals surface area contributed by atoms with E-state index in [0.29, 0.717) is 22.5 Å². The molecule has 0 saturated heterocycles. The lowest BCUT2D eigenvalue weighted by molar-refractivity contribution is 0.103. The number of halogens is 1. The maximum atomic E-state index is 14.0. The number of rotatable bonds is 3. The number of nitrogens with two attached hydrogens (primary N) is 1. The van der Waals surface area contributed by atoms with Crippen LogP contribution in [-0.2, 0) is 0 Å². The summed E-state index contributed by atoms with van der Waals surface area (Å²) in [7, 11) is 1.47. The van der Waals surface area contributed by atoms with E-state index in [0.717, 1.165) is 0 Å². The molecule has 3 N–H and O–H groups in total. The summed E-state index contributed by atoms with van der Waals surface area (Å²) in [5.41, 5.74) is 7.30. The highest BCUT2D eigenvalue weighted by Gasteiger charge is 2.20. The first kappa shape index (κ1) is 13.2. The lowest BCUT2D eigenvalue weighted by Gasteiger charge is -2.08. The molecule has 0 spiro atoms. The van der Waals surface area contributed by atoms with E-state index in [-0.39, 0.29) is 16.7 Å². The quantitative estimate of drug-likeness (QED) is 0.573. The minimum absolute atomic E-state index is 0.256. The zero-order valence-corrected chi connectivity index (χ0v) is 11.3. The van der Waals surface area contributed by atoms with Gasteiger partial charge in [0.2, 0.25) is 0 Å². The fourth-order valence-corrected chi connectivity index (χ4v) is 2.37. The van der Waals surface area contributed by atoms with E-state index < -0.39 is 5.82 Å². The molecule has 2 aromatic carbocycles. The molecule has 5 heteroatoms. The van der Waals surface area contributed by atoms with Gasteiger partial charge >= 0.3 is 0 Å². The predicted octanol–water partition coefficient (Wildman–Crippen LogP) is 3.13. The topological polar surface area (TPSA) is 68.1 Å². The number of benzene rings is 2. The number of nitrogen functional groups attached to an aromatic ring is 1. The second-order valence-electron chi connectivity index (χ2n) is 4.65. The van der Waals surface area contributed by atoms with Crippen LogP contribution in [0.4, 0.5) is 10.1 Å². The van der Waals surface area contributed by atoms with Crippen molar-refractivity contribution in [2.45, 2.75) is 0 Å². The van der Waals surface area contributed by atoms with E-state index in [1.54, 1.807) is 24.3 Å². The van der Waals surface area contributed by atoms with Crippen LogP contribution in [0.25, 0.3) is 10.9 Å². The van der Waals surface area contributed by atoms with Crippen LogP contribution >= 0.6 is 0 Å². The normalized spacial score (nSPS) is 10.8. The molecule has 0 amide bonds. The number of methoxy groups -OCH3 is 1. The van der Waals surface area contributed by atoms with E-state index in [4.69, 9.17) is 10.5 Å². The molecule has 0 aliphatic heterocycles. The van der Waals surface area contributed by atoms with Gasteiger partial charge in [-0.25, -0.2) is 4.39 Å². The Hall–Kier alpha value is -2.82. The third-order valence-corrected chi connectivity index (χ3v) is 3.37. The Morgan fingerprint density at radius 3 is 2.81 bits per heavy atom. The third-order valence-electron chi connectivity index (χ3n) is 3.37. The molecule has 3 aromatic rings. The maximum Gasteiger partial charge on any atom is 0.199 e. The number of carbonyl (C=O) groups is 1. The van der Waals surface area contributed by atoms with Crippen LogP contribution in [0.1, 0.15) is 15.9 Å². The first-order valence-corrected chi connectivity index (χ1v) is 6.35. The fourth-order valence-electron chi connectivity index (χ4n) is 2.37. The van der Waals surface area contributed by atoms with Gasteiger partial charge in [0.05, 0.1) is 18.2 Å². The molecular formula is C16H13FN2O2. The van der Waals surface area contributed by atoms with E-state index >= 15 is 0 Å². The summed E-state index contributed by atoms with van der Waals surface area (Å²) in [6.07, 6.45) is 1.50. The van der Waals surface area contributed by atoms with Crippen LogP contribution in [0.5, 0.6) is 5.75 Å². The molecule has 4 nitrogen and oxygen atoms in total. The average Bonchev–Trinajstić information content (AvgIpc) is 2.92. The first-order chi connectivity index (χ1) is 10.1. The Balaban J connectivity index is 2.20. The second-order valence-corrected chi connectivity index (χ2v) is 4.65. The number of hydrogen-bond acceptors (Lipinski definition) is 3. The molecule has 0 radical (unpaired) electrons. The van der Waals surface area contributed by atoms with Crippen molar-refractivity contribution in [2.75, 3.05) is 12.8 Å². The predicted molar refractivity (Wildman–Crippen MR) is 79.1 cm³/mol. The average molecular weight is 284 g/mol. The number of ether oxygens (including phenoxy) is 1. The van der Waals surface area contributed by atoms with Crippen LogP contribution in [0, 0.1) is 5.82 Å². The summed E-state index contributed by atoms with van der Waals surface area (Å²) in [5, 5.41) is 0.270. The fraction of sp³-hybridized carbons (Fsp3) is 0.0625. The largest absolute Gasteiger partial charge is 0.496 e. The van der Waals surface area contributed by atoms with Crippen molar-refractivity contribution in [3.63, 3.8) is 0 Å². The van der Waals surface area contributed by atoms with Crippen LogP contribution in [-0.4, -0.2) is 17.9 Å². The van der Waals surface area contributed by atoms with Gasteiger partial charge in [-0.05, 0) is 30.3 Å². The summed E-state index contributed by atoms with van der Waals surface area (Å²) in [6.45, 7) is 0. The highest BCUT2D eigenvalue weighted by atomic mass is 19.1. The van der Waals surface area contributed by atoms with Gasteiger partial charge in [-0.15, -0.1) is 0 Å². The number of aromatic nitrogens is 1. The molecule has 21 heavy (non-hydrogen) atoms. The zero-order valence-electron chi connectivity index (χ0n) is 11.3. The Morgan fingerprint density at radius 2 is 2.05 bits per heavy atom. The number of aromatic amines is 1. The van der Waals surface area contributed by atoms with Gasteiger partial charge in [0.25, 0.3) is 0 Å². The third kappa shape index (κ3) is 2.12. The molecule has 106 valence electrons. The minimum atomic E-state index is -0.444. The summed E-state index contributed by atoms with van der Waals surface area (Å²) >= 11 is 0. The van der Waals surface area contributed by atoms with Crippen LogP contribution in [0.15, 0.2) is 42.6 Å². The Bertz CT molecular complexity index is 839. The van der Waals surface area contributed by atoms with E-state index in [1.165, 1.54) is 25.4 Å². The number of anilines is 1. The van der Waals surface area contributed by atoms with Gasteiger partial charge < -0.3 is 15.5 Å². The van der Waals surface area contributed by atoms with Crippen molar-refractivity contribution in [3.05, 3.63) is 59.5 Å². The molecule has 0 aliphatic rings. The van der Waals surface area contributed by atoms with Gasteiger partial charge in [0.1, 0.15) is 11.6 Å². The SMILES string of the molecule is COc1ccc(N)cc1C(=O)c1c[nH]c2cccc(F)c12. The van der Waals surface area contributed by atoms with Crippen molar-refractivity contribution in [1.82, 2.24) is 4.98 Å². The highest BCUT2D eigenvalue weighted by Crippen LogP contribution is 2.28. The smallest absolute Gasteiger partial charge is 0.199 e. The summed E-state index contributed by atoms with van der Waals surface area (Å²) in [5.74, 6) is -0.379. The lowest BCUT2D eigenvalue weighted by atomic mass is 10.0. The molecule has 0 bridgehead atoms. The summed E-state index contributed by atoms with van der Waals surface area (Å²) in [6, 6.07) is 9.42. The highest BCUT2D eigenvalue weighted by molar-refractivity contribution is 6.17. The minimum Gasteiger partial charge on any atom is -0.496 e. The van der Waals surface area contributed by atoms with E-state index in [1.807, 2.05) is 0 Å². The second kappa shape index (κ2) is 4.94. The van der Waals surface area contributed by atoms with Crippen molar-refractivity contribution in [2.24, 2.45) is 0 Å². The van der Waals surface area contributed by atoms with Gasteiger partial charge in [-0.3, -0.25) is 4.79 Å². The van der Waals surface area contributed by atoms with Crippen LogP contribution < -0.4 is 10.5 Å². The Labute approximate surface area is 120 Å². The zero-order chi connectivity index (χ0) is 15.0. The maximum absolute atomic E-state index is 14.0. The number of nitrogens with one attached hydrogen (secondary N) is 1. The number of H-pyrrole nitrogens is 1. The number of fused-ring (bicyclic) bond motifs is 1. The van der Waals surface area contributed by atoms with Gasteiger partial charge in [0, 0.05) is 22.8 Å². The number of hydrogen-bond donors (Lipinski definition) is 2. The molecule has 0 unspecified atom stereocenters. The molecule has 0 aliphatic carbocycles. The molecule has 1 aromatic heterocycles. The van der Waals surface area contributed by atoms with Crippen LogP contribution in [0.2, 0.25) is 0 Å². The molecule has 1 heterocycles. The van der Waals surface area contributed by atoms with Gasteiger partial charge in [-0.1, -0.05) is 6.07 Å². The van der Waals surface area contributed by atoms with Crippen molar-refractivity contribution in [3.8, 4) is 5.75 Å². The van der Waals surface area contributed by atoms with Crippen LogP contribution in [0.3, 0.4) is 0 Å². The van der Waals surface area contributed by atoms with Crippen molar-refractivity contribution in [1.29, 1.82) is 0 Å². The monoisotopic (exact) mass is 284 g/mol. The van der Waals surface area contributed by atoms with E-state index in [2.05, 4.69) is 4.98 Å². The number of carbonyl (C=O) groups excluding carboxylic acids is 1. The van der Waals surface area contributed by atoms with Gasteiger partial charge in [0.15, 0.2) is 5.78 Å². The summed E-state index contributed by atoms with van der Waals surface area (Å²) in [4.78, 5) is 15.6. The molecule has 0 fully saturated rings. The molecule has 3 rings (SSSR count). The van der Waals surface area contributed by atoms with E-state index in [9.17, 15) is 9.18 Å². The standard InChI is InChI=1S/C16H13FN2O2/c1-21-14-6-5-9(18)7-10(14)16(20)11-8-19-13-4-2-3-12(17)15(11)13/h2-8,19H,18H2,1H3. The lowest BCUT2D eigenvalue weighted by Crippen LogP contribution is -2.05. The molecular weight excluding hydrogens is 271 g/mol. The first-order valence-electron chi connectivity index (χ1n) is 6.35. The Morgan fingerprint density at radius 1 is 1.24 bits per heavy atom. The molecule has 0 saturated carbocycles. The van der Waals surface area contributed by atoms with Gasteiger partial charge in [-0.2, -0.15) is 0 Å².